The number of thioether (sulfide) groups is 1. The van der Waals surface area contributed by atoms with Gasteiger partial charge < -0.3 is 14.5 Å². The van der Waals surface area contributed by atoms with Crippen LogP contribution >= 0.6 is 11.8 Å². The van der Waals surface area contributed by atoms with Crippen LogP contribution in [0.15, 0.2) is 46.3 Å². The van der Waals surface area contributed by atoms with Gasteiger partial charge in [0.1, 0.15) is 17.0 Å². The first-order valence-electron chi connectivity index (χ1n) is 11.3. The summed E-state index contributed by atoms with van der Waals surface area (Å²) < 4.78 is 71.9. The monoisotopic (exact) mass is 560 g/mol. The third-order valence-corrected chi connectivity index (χ3v) is 6.14. The van der Waals surface area contributed by atoms with Crippen LogP contribution in [0.2, 0.25) is 0 Å². The maximum atomic E-state index is 13.7. The Morgan fingerprint density at radius 2 is 1.84 bits per heavy atom. The smallest absolute Gasteiger partial charge is 0.455 e. The summed E-state index contributed by atoms with van der Waals surface area (Å²) in [6.07, 6.45) is -4.43. The minimum Gasteiger partial charge on any atom is -0.618 e. The molecule has 3 aromatic heterocycles. The summed E-state index contributed by atoms with van der Waals surface area (Å²) in [6.45, 7) is 5.01. The van der Waals surface area contributed by atoms with E-state index in [0.717, 1.165) is 23.4 Å². The molecule has 3 heterocycles. The number of alkyl halides is 5. The van der Waals surface area contributed by atoms with Crippen molar-refractivity contribution in [3.63, 3.8) is 0 Å². The summed E-state index contributed by atoms with van der Waals surface area (Å²) in [5.41, 5.74) is -1.70. The van der Waals surface area contributed by atoms with Crippen molar-refractivity contribution in [2.45, 2.75) is 56.8 Å². The number of anilines is 1. The van der Waals surface area contributed by atoms with Gasteiger partial charge in [-0.3, -0.25) is 9.69 Å². The lowest BCUT2D eigenvalue weighted by Crippen LogP contribution is -2.42. The number of aromatic nitrogens is 3. The Labute approximate surface area is 218 Å². The molecule has 1 amide bonds. The molecule has 8 nitrogen and oxygen atoms in total. The van der Waals surface area contributed by atoms with Crippen molar-refractivity contribution in [3.05, 3.63) is 52.2 Å². The molecule has 3 rings (SSSR count). The third kappa shape index (κ3) is 6.17. The molecule has 0 atom stereocenters. The van der Waals surface area contributed by atoms with Gasteiger partial charge in [-0.15, -0.1) is 11.8 Å². The molecule has 0 aliphatic heterocycles. The van der Waals surface area contributed by atoms with Crippen molar-refractivity contribution in [2.24, 2.45) is 0 Å². The fourth-order valence-electron chi connectivity index (χ4n) is 3.43. The molecule has 0 radical (unpaired) electrons. The molecule has 0 saturated carbocycles. The van der Waals surface area contributed by atoms with Crippen LogP contribution in [0, 0.1) is 5.21 Å². The highest BCUT2D eigenvalue weighted by atomic mass is 32.2. The molecule has 0 aliphatic rings. The number of ether oxygens (including phenoxy) is 1. The molecule has 0 spiro atoms. The summed E-state index contributed by atoms with van der Waals surface area (Å²) >= 11 is 1.27. The van der Waals surface area contributed by atoms with Crippen LogP contribution in [-0.2, 0) is 11.3 Å². The van der Waals surface area contributed by atoms with Gasteiger partial charge in [-0.25, -0.2) is 9.78 Å². The van der Waals surface area contributed by atoms with Crippen molar-refractivity contribution in [1.29, 1.82) is 0 Å². The lowest BCUT2D eigenvalue weighted by molar-refractivity contribution is -0.595. The third-order valence-electron chi connectivity index (χ3n) is 5.23. The Balaban J connectivity index is 2.10. The average Bonchev–Trinajstić information content (AvgIpc) is 2.78. The lowest BCUT2D eigenvalue weighted by Gasteiger charge is -2.24. The van der Waals surface area contributed by atoms with Crippen LogP contribution in [-0.4, -0.2) is 46.1 Å². The van der Waals surface area contributed by atoms with Gasteiger partial charge >= 0.3 is 18.2 Å². The number of halogens is 5. The van der Waals surface area contributed by atoms with Crippen molar-refractivity contribution >= 4 is 34.4 Å². The normalized spacial score (nSPS) is 12.6. The van der Waals surface area contributed by atoms with Crippen LogP contribution in [0.3, 0.4) is 0 Å². The molecule has 0 aliphatic carbocycles. The molecule has 0 saturated heterocycles. The second-order valence-corrected chi connectivity index (χ2v) is 10.6. The number of fused-ring (bicyclic) bond motifs is 1. The summed E-state index contributed by atoms with van der Waals surface area (Å²) in [7, 11) is 1.44. The first kappa shape index (κ1) is 29.1. The largest absolute Gasteiger partial charge is 0.618 e. The number of amides is 1. The van der Waals surface area contributed by atoms with E-state index < -0.39 is 35.9 Å². The van der Waals surface area contributed by atoms with Gasteiger partial charge in [0.25, 0.3) is 11.3 Å². The molecule has 0 fully saturated rings. The Morgan fingerprint density at radius 3 is 2.42 bits per heavy atom. The first-order chi connectivity index (χ1) is 17.4. The molecule has 0 N–H and O–H groups in total. The highest BCUT2D eigenvalue weighted by Crippen LogP contribution is 2.37. The quantitative estimate of drug-likeness (QED) is 0.174. The molecule has 206 valence electrons. The maximum Gasteiger partial charge on any atom is 0.455 e. The molecule has 0 unspecified atom stereocenters. The van der Waals surface area contributed by atoms with E-state index in [4.69, 9.17) is 4.74 Å². The minimum atomic E-state index is -5.85. The van der Waals surface area contributed by atoms with Gasteiger partial charge in [0, 0.05) is 18.5 Å². The summed E-state index contributed by atoms with van der Waals surface area (Å²) in [6, 6.07) is 5.01. The second-order valence-electron chi connectivity index (χ2n) is 9.30. The zero-order valence-electron chi connectivity index (χ0n) is 21.1. The fourth-order valence-corrected chi connectivity index (χ4v) is 4.28. The zero-order valence-corrected chi connectivity index (χ0v) is 21.9. The van der Waals surface area contributed by atoms with Crippen LogP contribution in [0.25, 0.3) is 22.3 Å². The van der Waals surface area contributed by atoms with Crippen molar-refractivity contribution in [3.8, 4) is 11.4 Å². The van der Waals surface area contributed by atoms with E-state index in [1.165, 1.54) is 30.9 Å². The number of hydrogen-bond donors (Lipinski definition) is 0. The number of pyridine rings is 3. The van der Waals surface area contributed by atoms with Gasteiger partial charge in [0.05, 0.1) is 23.2 Å². The predicted octanol–water partition coefficient (Wildman–Crippen LogP) is 5.38. The number of carbonyl (C=O) groups excluding carboxylic acids is 1. The van der Waals surface area contributed by atoms with Crippen LogP contribution in [0.4, 0.5) is 32.4 Å². The Hall–Kier alpha value is -3.42. The first-order valence-corrected chi connectivity index (χ1v) is 12.2. The van der Waals surface area contributed by atoms with E-state index in [0.29, 0.717) is 19.9 Å². The molecule has 0 bridgehead atoms. The lowest BCUT2D eigenvalue weighted by atomic mass is 10.1. The summed E-state index contributed by atoms with van der Waals surface area (Å²) in [4.78, 5) is 30.3. The van der Waals surface area contributed by atoms with E-state index >= 15 is 0 Å². The standard InChI is InChI=1S/C24H25F5N4O4S/c1-6-38-18-10-15(31(5)21(35)37-22(2,3)4)12-33(36)20(18)16-9-14-7-8-19(34)32(17(14)11-30-16)13-23(25,26)24(27,28)29/h7-12H,6,13H2,1-5H3. The van der Waals surface area contributed by atoms with Gasteiger partial charge in [-0.05, 0) is 44.7 Å². The number of rotatable bonds is 6. The number of hydrogen-bond acceptors (Lipinski definition) is 6. The van der Waals surface area contributed by atoms with E-state index in [1.54, 1.807) is 26.8 Å². The summed E-state index contributed by atoms with van der Waals surface area (Å²) in [5.74, 6) is -4.62. The molecule has 14 heteroatoms. The van der Waals surface area contributed by atoms with Crippen molar-refractivity contribution in [1.82, 2.24) is 9.55 Å². The molecule has 38 heavy (non-hydrogen) atoms. The fraction of sp³-hybridized carbons (Fsp3) is 0.417. The van der Waals surface area contributed by atoms with E-state index in [1.807, 2.05) is 6.92 Å². The number of nitrogens with zero attached hydrogens (tertiary/aromatic N) is 4. The van der Waals surface area contributed by atoms with E-state index in [9.17, 15) is 36.7 Å². The molecular weight excluding hydrogens is 535 g/mol. The van der Waals surface area contributed by atoms with E-state index in [-0.39, 0.29) is 28.0 Å². The van der Waals surface area contributed by atoms with Gasteiger partial charge in [0.2, 0.25) is 6.20 Å². The zero-order chi connectivity index (χ0) is 28.6. The topological polar surface area (TPSA) is 91.4 Å². The Kier molecular flexibility index (Phi) is 7.97. The molecule has 3 aromatic rings. The van der Waals surface area contributed by atoms with E-state index in [2.05, 4.69) is 4.98 Å². The van der Waals surface area contributed by atoms with Crippen LogP contribution in [0.1, 0.15) is 27.7 Å². The van der Waals surface area contributed by atoms with Gasteiger partial charge in [-0.2, -0.15) is 26.7 Å². The highest BCUT2D eigenvalue weighted by Gasteiger charge is 2.57. The van der Waals surface area contributed by atoms with Gasteiger partial charge in [-0.1, -0.05) is 6.92 Å². The predicted molar refractivity (Wildman–Crippen MR) is 132 cm³/mol. The molecular formula is C24H25F5N4O4S. The maximum absolute atomic E-state index is 13.7. The Bertz CT molecular complexity index is 1420. The average molecular weight is 561 g/mol. The van der Waals surface area contributed by atoms with Crippen molar-refractivity contribution in [2.75, 3.05) is 17.7 Å². The SMILES string of the molecule is CCSc1cc(N(C)C(=O)OC(C)(C)C)c[n+]([O-])c1-c1cc2ccc(=O)n(CC(F)(F)C(F)(F)F)c2cn1. The minimum absolute atomic E-state index is 0.0680. The number of carbonyl (C=O) groups is 1. The highest BCUT2D eigenvalue weighted by molar-refractivity contribution is 7.99. The van der Waals surface area contributed by atoms with Crippen LogP contribution < -0.4 is 15.2 Å². The second kappa shape index (κ2) is 10.4. The Morgan fingerprint density at radius 1 is 1.18 bits per heavy atom. The van der Waals surface area contributed by atoms with Gasteiger partial charge in [0.15, 0.2) is 0 Å². The van der Waals surface area contributed by atoms with Crippen LogP contribution in [0.5, 0.6) is 0 Å². The summed E-state index contributed by atoms with van der Waals surface area (Å²) in [5, 5.41) is 13.2. The molecule has 0 aromatic carbocycles. The van der Waals surface area contributed by atoms with Crippen molar-refractivity contribution < 1.29 is 36.2 Å².